The van der Waals surface area contributed by atoms with Gasteiger partial charge in [0, 0.05) is 11.0 Å². The molecule has 1 aromatic carbocycles. The lowest BCUT2D eigenvalue weighted by molar-refractivity contribution is 0.593. The number of hydrogen-bond acceptors (Lipinski definition) is 2. The number of nitrogen functional groups attached to an aromatic ring is 1. The summed E-state index contributed by atoms with van der Waals surface area (Å²) >= 11 is 3.42. The molecular weight excluding hydrogens is 240 g/mol. The fourth-order valence-corrected chi connectivity index (χ4v) is 1.47. The van der Waals surface area contributed by atoms with Crippen molar-refractivity contribution in [3.63, 3.8) is 0 Å². The van der Waals surface area contributed by atoms with Gasteiger partial charge in [-0.1, -0.05) is 36.2 Å². The van der Waals surface area contributed by atoms with Crippen molar-refractivity contribution in [2.45, 2.75) is 20.3 Å². The zero-order valence-electron chi connectivity index (χ0n) is 8.68. The van der Waals surface area contributed by atoms with Gasteiger partial charge in [-0.3, -0.25) is 0 Å². The number of nitrogens with two attached hydrogens (primary N) is 1. The Hall–Kier alpha value is -0.700. The molecule has 1 unspecified atom stereocenters. The van der Waals surface area contributed by atoms with E-state index in [-0.39, 0.29) is 0 Å². The zero-order chi connectivity index (χ0) is 10.6. The fourth-order valence-electron chi connectivity index (χ4n) is 1.11. The molecule has 0 aromatic heterocycles. The molecule has 3 N–H and O–H groups in total. The number of nitrogens with one attached hydrogen (secondary N) is 1. The second-order valence-electron chi connectivity index (χ2n) is 3.63. The average molecular weight is 257 g/mol. The Bertz CT molecular complexity index is 299. The molecule has 0 saturated carbocycles. The second kappa shape index (κ2) is 5.25. The number of halogens is 1. The summed E-state index contributed by atoms with van der Waals surface area (Å²) in [5.41, 5.74) is 7.65. The number of anilines is 2. The quantitative estimate of drug-likeness (QED) is 0.810. The van der Waals surface area contributed by atoms with Crippen molar-refractivity contribution >= 4 is 27.3 Å². The van der Waals surface area contributed by atoms with Crippen molar-refractivity contribution in [3.8, 4) is 0 Å². The molecule has 0 spiro atoms. The third-order valence-electron chi connectivity index (χ3n) is 2.35. The Kier molecular flexibility index (Phi) is 4.26. The fraction of sp³-hybridized carbons (Fsp3) is 0.455. The van der Waals surface area contributed by atoms with E-state index in [0.29, 0.717) is 5.92 Å². The monoisotopic (exact) mass is 256 g/mol. The highest BCUT2D eigenvalue weighted by molar-refractivity contribution is 9.10. The van der Waals surface area contributed by atoms with Crippen LogP contribution < -0.4 is 11.1 Å². The Balaban J connectivity index is 2.62. The first-order valence-electron chi connectivity index (χ1n) is 4.92. The molecule has 3 heteroatoms. The summed E-state index contributed by atoms with van der Waals surface area (Å²) in [5.74, 6) is 0.674. The van der Waals surface area contributed by atoms with E-state index in [2.05, 4.69) is 35.1 Å². The van der Waals surface area contributed by atoms with Gasteiger partial charge in [0.2, 0.25) is 0 Å². The van der Waals surface area contributed by atoms with Gasteiger partial charge in [-0.25, -0.2) is 0 Å². The Morgan fingerprint density at radius 1 is 1.50 bits per heavy atom. The van der Waals surface area contributed by atoms with Crippen molar-refractivity contribution in [1.29, 1.82) is 0 Å². The lowest BCUT2D eigenvalue weighted by atomic mass is 10.1. The van der Waals surface area contributed by atoms with Gasteiger partial charge in [0.05, 0.1) is 11.4 Å². The molecule has 1 rings (SSSR count). The van der Waals surface area contributed by atoms with Crippen LogP contribution in [-0.4, -0.2) is 6.54 Å². The average Bonchev–Trinajstić information content (AvgIpc) is 2.19. The molecule has 0 radical (unpaired) electrons. The van der Waals surface area contributed by atoms with E-state index in [1.165, 1.54) is 6.42 Å². The maximum atomic E-state index is 5.83. The van der Waals surface area contributed by atoms with Gasteiger partial charge in [-0.15, -0.1) is 0 Å². The van der Waals surface area contributed by atoms with Gasteiger partial charge < -0.3 is 11.1 Å². The first-order valence-corrected chi connectivity index (χ1v) is 5.71. The van der Waals surface area contributed by atoms with Crippen molar-refractivity contribution in [1.82, 2.24) is 0 Å². The van der Waals surface area contributed by atoms with E-state index in [4.69, 9.17) is 5.73 Å². The zero-order valence-corrected chi connectivity index (χ0v) is 10.3. The molecule has 2 nitrogen and oxygen atoms in total. The maximum absolute atomic E-state index is 5.83. The normalized spacial score (nSPS) is 12.5. The minimum absolute atomic E-state index is 0.674. The van der Waals surface area contributed by atoms with Crippen molar-refractivity contribution in [2.75, 3.05) is 17.6 Å². The van der Waals surface area contributed by atoms with Gasteiger partial charge in [0.1, 0.15) is 0 Å². The van der Waals surface area contributed by atoms with Crippen molar-refractivity contribution < 1.29 is 0 Å². The summed E-state index contributed by atoms with van der Waals surface area (Å²) in [7, 11) is 0. The summed E-state index contributed by atoms with van der Waals surface area (Å²) in [6.07, 6.45) is 1.18. The van der Waals surface area contributed by atoms with Crippen LogP contribution in [0.5, 0.6) is 0 Å². The van der Waals surface area contributed by atoms with Crippen LogP contribution in [0.15, 0.2) is 22.7 Å². The summed E-state index contributed by atoms with van der Waals surface area (Å²) in [6, 6.07) is 5.87. The largest absolute Gasteiger partial charge is 0.397 e. The molecule has 0 amide bonds. The highest BCUT2D eigenvalue weighted by atomic mass is 79.9. The van der Waals surface area contributed by atoms with Crippen LogP contribution >= 0.6 is 15.9 Å². The van der Waals surface area contributed by atoms with Crippen molar-refractivity contribution in [2.24, 2.45) is 5.92 Å². The maximum Gasteiger partial charge on any atom is 0.0585 e. The van der Waals surface area contributed by atoms with Crippen LogP contribution in [-0.2, 0) is 0 Å². The lowest BCUT2D eigenvalue weighted by Gasteiger charge is -2.13. The van der Waals surface area contributed by atoms with Gasteiger partial charge in [0.25, 0.3) is 0 Å². The van der Waals surface area contributed by atoms with Gasteiger partial charge >= 0.3 is 0 Å². The Morgan fingerprint density at radius 2 is 2.21 bits per heavy atom. The van der Waals surface area contributed by atoms with E-state index in [1.807, 2.05) is 18.2 Å². The van der Waals surface area contributed by atoms with Crippen LogP contribution in [0.2, 0.25) is 0 Å². The van der Waals surface area contributed by atoms with Crippen LogP contribution in [0.1, 0.15) is 20.3 Å². The molecule has 0 bridgehead atoms. The molecule has 14 heavy (non-hydrogen) atoms. The molecular formula is C11H17BrN2. The Morgan fingerprint density at radius 3 is 2.86 bits per heavy atom. The Labute approximate surface area is 94.0 Å². The molecule has 1 atom stereocenters. The molecule has 0 fully saturated rings. The molecule has 1 aromatic rings. The van der Waals surface area contributed by atoms with Crippen LogP contribution in [0, 0.1) is 5.92 Å². The van der Waals surface area contributed by atoms with E-state index >= 15 is 0 Å². The first kappa shape index (κ1) is 11.4. The van der Waals surface area contributed by atoms with E-state index in [0.717, 1.165) is 22.4 Å². The SMILES string of the molecule is CCC(C)CNc1cc(Br)ccc1N. The highest BCUT2D eigenvalue weighted by Crippen LogP contribution is 2.23. The van der Waals surface area contributed by atoms with Crippen LogP contribution in [0.3, 0.4) is 0 Å². The molecule has 0 saturated heterocycles. The summed E-state index contributed by atoms with van der Waals surface area (Å²) in [4.78, 5) is 0. The molecule has 0 aliphatic heterocycles. The van der Waals surface area contributed by atoms with Gasteiger partial charge in [0.15, 0.2) is 0 Å². The number of hydrogen-bond donors (Lipinski definition) is 2. The molecule has 0 aliphatic carbocycles. The number of benzene rings is 1. The van der Waals surface area contributed by atoms with Gasteiger partial charge in [-0.2, -0.15) is 0 Å². The molecule has 78 valence electrons. The van der Waals surface area contributed by atoms with E-state index in [9.17, 15) is 0 Å². The topological polar surface area (TPSA) is 38.0 Å². The first-order chi connectivity index (χ1) is 6.63. The molecule has 0 aliphatic rings. The summed E-state index contributed by atoms with van der Waals surface area (Å²) in [6.45, 7) is 5.38. The minimum atomic E-state index is 0.674. The standard InChI is InChI=1S/C11H17BrN2/c1-3-8(2)7-14-11-6-9(12)4-5-10(11)13/h4-6,8,14H,3,7,13H2,1-2H3. The minimum Gasteiger partial charge on any atom is -0.397 e. The molecule has 0 heterocycles. The summed E-state index contributed by atoms with van der Waals surface area (Å²) in [5, 5.41) is 3.35. The van der Waals surface area contributed by atoms with Crippen molar-refractivity contribution in [3.05, 3.63) is 22.7 Å². The van der Waals surface area contributed by atoms with Crippen LogP contribution in [0.4, 0.5) is 11.4 Å². The van der Waals surface area contributed by atoms with Gasteiger partial charge in [-0.05, 0) is 24.1 Å². The summed E-state index contributed by atoms with van der Waals surface area (Å²) < 4.78 is 1.05. The third-order valence-corrected chi connectivity index (χ3v) is 2.85. The predicted octanol–water partition coefficient (Wildman–Crippen LogP) is 3.49. The number of rotatable bonds is 4. The van der Waals surface area contributed by atoms with E-state index in [1.54, 1.807) is 0 Å². The predicted molar refractivity (Wildman–Crippen MR) is 66.5 cm³/mol. The van der Waals surface area contributed by atoms with Crippen LogP contribution in [0.25, 0.3) is 0 Å². The smallest absolute Gasteiger partial charge is 0.0585 e. The third kappa shape index (κ3) is 3.22. The lowest BCUT2D eigenvalue weighted by Crippen LogP contribution is -2.11. The second-order valence-corrected chi connectivity index (χ2v) is 4.54. The highest BCUT2D eigenvalue weighted by Gasteiger charge is 2.02. The van der Waals surface area contributed by atoms with E-state index < -0.39 is 0 Å².